The summed E-state index contributed by atoms with van der Waals surface area (Å²) in [6.07, 6.45) is -4.27. The molecule has 0 unspecified atom stereocenters. The second-order valence-corrected chi connectivity index (χ2v) is 7.67. The number of nitriles is 1. The minimum Gasteiger partial charge on any atom is -0.444 e. The van der Waals surface area contributed by atoms with Crippen LogP contribution < -0.4 is 4.90 Å². The maximum atomic E-state index is 13.2. The standard InChI is InChI=1S/C18H20F3N3O2/c1-17(2,3)26-16(25)24-10-13-6-14(24)9-23(13)12-5-4-11(8-22)15(7-12)18(19,20)21/h4-5,7,13-14H,6,9-10H2,1-3H3/t13-,14-/m1/s1. The Morgan fingerprint density at radius 3 is 2.42 bits per heavy atom. The highest BCUT2D eigenvalue weighted by Gasteiger charge is 2.47. The summed E-state index contributed by atoms with van der Waals surface area (Å²) in [6, 6.07) is 5.22. The minimum atomic E-state index is -4.58. The van der Waals surface area contributed by atoms with Crippen LogP contribution in [0.3, 0.4) is 0 Å². The van der Waals surface area contributed by atoms with E-state index in [9.17, 15) is 18.0 Å². The predicted molar refractivity (Wildman–Crippen MR) is 88.6 cm³/mol. The van der Waals surface area contributed by atoms with Crippen molar-refractivity contribution in [1.29, 1.82) is 5.26 Å². The van der Waals surface area contributed by atoms with Gasteiger partial charge >= 0.3 is 12.3 Å². The monoisotopic (exact) mass is 367 g/mol. The Morgan fingerprint density at radius 2 is 1.92 bits per heavy atom. The Morgan fingerprint density at radius 1 is 1.23 bits per heavy atom. The van der Waals surface area contributed by atoms with E-state index in [1.165, 1.54) is 12.1 Å². The molecule has 0 spiro atoms. The molecule has 2 fully saturated rings. The molecule has 2 heterocycles. The number of alkyl halides is 3. The van der Waals surface area contributed by atoms with Gasteiger partial charge in [0.05, 0.1) is 23.2 Å². The summed E-state index contributed by atoms with van der Waals surface area (Å²) in [7, 11) is 0. The molecule has 5 nitrogen and oxygen atoms in total. The Bertz CT molecular complexity index is 764. The van der Waals surface area contributed by atoms with Crippen LogP contribution in [0.5, 0.6) is 0 Å². The molecule has 26 heavy (non-hydrogen) atoms. The van der Waals surface area contributed by atoms with E-state index in [1.54, 1.807) is 31.7 Å². The van der Waals surface area contributed by atoms with Crippen molar-refractivity contribution in [1.82, 2.24) is 4.90 Å². The molecule has 0 aliphatic carbocycles. The van der Waals surface area contributed by atoms with Crippen molar-refractivity contribution in [2.24, 2.45) is 0 Å². The lowest BCUT2D eigenvalue weighted by Gasteiger charge is -2.36. The number of rotatable bonds is 1. The smallest absolute Gasteiger partial charge is 0.417 e. The Hall–Kier alpha value is -2.43. The number of piperazine rings is 1. The molecule has 1 aromatic carbocycles. The predicted octanol–water partition coefficient (Wildman–Crippen LogP) is 3.78. The number of hydrogen-bond donors (Lipinski definition) is 0. The lowest BCUT2D eigenvalue weighted by molar-refractivity contribution is -0.137. The maximum absolute atomic E-state index is 13.2. The van der Waals surface area contributed by atoms with Gasteiger partial charge in [0.25, 0.3) is 0 Å². The van der Waals surface area contributed by atoms with Gasteiger partial charge in [0.1, 0.15) is 5.60 Å². The molecular formula is C18H20F3N3O2. The van der Waals surface area contributed by atoms with Gasteiger partial charge in [-0.05, 0) is 45.4 Å². The molecule has 1 aromatic rings. The van der Waals surface area contributed by atoms with Gasteiger partial charge in [0.15, 0.2) is 0 Å². The summed E-state index contributed by atoms with van der Waals surface area (Å²) < 4.78 is 44.9. The highest BCUT2D eigenvalue weighted by Crippen LogP contribution is 2.39. The minimum absolute atomic E-state index is 0.0541. The highest BCUT2D eigenvalue weighted by molar-refractivity contribution is 5.70. The second kappa shape index (κ2) is 6.08. The van der Waals surface area contributed by atoms with Gasteiger partial charge < -0.3 is 14.5 Å². The first kappa shape index (κ1) is 18.4. The fraction of sp³-hybridized carbons (Fsp3) is 0.556. The third kappa shape index (κ3) is 3.43. The first-order valence-electron chi connectivity index (χ1n) is 8.37. The number of carbonyl (C=O) groups is 1. The molecule has 2 bridgehead atoms. The lowest BCUT2D eigenvalue weighted by Crippen LogP contribution is -2.50. The van der Waals surface area contributed by atoms with Gasteiger partial charge in [-0.3, -0.25) is 0 Å². The number of fused-ring (bicyclic) bond motifs is 2. The average molecular weight is 367 g/mol. The van der Waals surface area contributed by atoms with E-state index in [0.29, 0.717) is 25.2 Å². The molecule has 2 aliphatic heterocycles. The van der Waals surface area contributed by atoms with Crippen LogP contribution in [0.4, 0.5) is 23.7 Å². The third-order valence-electron chi connectivity index (χ3n) is 4.63. The van der Waals surface area contributed by atoms with Gasteiger partial charge in [0, 0.05) is 24.8 Å². The van der Waals surface area contributed by atoms with Crippen LogP contribution in [-0.4, -0.2) is 41.8 Å². The van der Waals surface area contributed by atoms with Crippen molar-refractivity contribution >= 4 is 11.8 Å². The van der Waals surface area contributed by atoms with Gasteiger partial charge in [-0.1, -0.05) is 0 Å². The zero-order chi connectivity index (χ0) is 19.3. The van der Waals surface area contributed by atoms with Gasteiger partial charge in [0.2, 0.25) is 0 Å². The first-order chi connectivity index (χ1) is 12.0. The molecule has 1 amide bonds. The van der Waals surface area contributed by atoms with E-state index in [1.807, 2.05) is 4.90 Å². The number of ether oxygens (including phenoxy) is 1. The van der Waals surface area contributed by atoms with E-state index < -0.39 is 17.3 Å². The number of halogens is 3. The van der Waals surface area contributed by atoms with Gasteiger partial charge in [-0.25, -0.2) is 4.79 Å². The number of likely N-dealkylation sites (tertiary alicyclic amines) is 1. The lowest BCUT2D eigenvalue weighted by atomic mass is 10.1. The Balaban J connectivity index is 1.77. The number of nitrogens with zero attached hydrogens (tertiary/aromatic N) is 3. The number of benzene rings is 1. The summed E-state index contributed by atoms with van der Waals surface area (Å²) in [4.78, 5) is 15.8. The number of anilines is 1. The van der Waals surface area contributed by atoms with Crippen LogP contribution in [0.1, 0.15) is 38.3 Å². The fourth-order valence-corrected chi connectivity index (χ4v) is 3.57. The first-order valence-corrected chi connectivity index (χ1v) is 8.37. The molecule has 140 valence electrons. The number of amides is 1. The summed E-state index contributed by atoms with van der Waals surface area (Å²) in [5, 5.41) is 8.91. The van der Waals surface area contributed by atoms with Crippen LogP contribution in [-0.2, 0) is 10.9 Å². The van der Waals surface area contributed by atoms with E-state index in [0.717, 1.165) is 6.07 Å². The van der Waals surface area contributed by atoms with Crippen LogP contribution >= 0.6 is 0 Å². The molecular weight excluding hydrogens is 347 g/mol. The zero-order valence-corrected chi connectivity index (χ0v) is 14.8. The molecule has 0 radical (unpaired) electrons. The van der Waals surface area contributed by atoms with Crippen LogP contribution in [0.15, 0.2) is 18.2 Å². The molecule has 0 N–H and O–H groups in total. The third-order valence-corrected chi connectivity index (χ3v) is 4.63. The summed E-state index contributed by atoms with van der Waals surface area (Å²) in [5.74, 6) is 0. The highest BCUT2D eigenvalue weighted by atomic mass is 19.4. The van der Waals surface area contributed by atoms with E-state index in [4.69, 9.17) is 10.00 Å². The molecule has 8 heteroatoms. The van der Waals surface area contributed by atoms with E-state index >= 15 is 0 Å². The van der Waals surface area contributed by atoms with Gasteiger partial charge in [-0.2, -0.15) is 18.4 Å². The van der Waals surface area contributed by atoms with Crippen molar-refractivity contribution in [3.8, 4) is 6.07 Å². The van der Waals surface area contributed by atoms with E-state index in [-0.39, 0.29) is 23.7 Å². The zero-order valence-electron chi connectivity index (χ0n) is 14.8. The van der Waals surface area contributed by atoms with Gasteiger partial charge in [-0.15, -0.1) is 0 Å². The average Bonchev–Trinajstić information content (AvgIpc) is 3.12. The molecule has 3 rings (SSSR count). The van der Waals surface area contributed by atoms with Crippen molar-refractivity contribution in [2.45, 2.75) is 51.1 Å². The van der Waals surface area contributed by atoms with Crippen molar-refractivity contribution in [2.75, 3.05) is 18.0 Å². The summed E-state index contributed by atoms with van der Waals surface area (Å²) >= 11 is 0. The Kier molecular flexibility index (Phi) is 4.29. The number of carbonyl (C=O) groups excluding carboxylic acids is 1. The van der Waals surface area contributed by atoms with Crippen LogP contribution in [0.25, 0.3) is 0 Å². The molecule has 2 saturated heterocycles. The normalized spacial score (nSPS) is 22.5. The maximum Gasteiger partial charge on any atom is 0.417 e. The molecule has 0 saturated carbocycles. The van der Waals surface area contributed by atoms with Crippen molar-refractivity contribution < 1.29 is 22.7 Å². The van der Waals surface area contributed by atoms with E-state index in [2.05, 4.69) is 0 Å². The SMILES string of the molecule is CC(C)(C)OC(=O)N1C[C@H]2C[C@@H]1CN2c1ccc(C#N)c(C(F)(F)F)c1. The fourth-order valence-electron chi connectivity index (χ4n) is 3.57. The second-order valence-electron chi connectivity index (χ2n) is 7.67. The number of hydrogen-bond acceptors (Lipinski definition) is 4. The van der Waals surface area contributed by atoms with Crippen molar-refractivity contribution in [3.05, 3.63) is 29.3 Å². The summed E-state index contributed by atoms with van der Waals surface area (Å²) in [6.45, 7) is 6.25. The molecule has 2 atom stereocenters. The van der Waals surface area contributed by atoms with Crippen LogP contribution in [0.2, 0.25) is 0 Å². The Labute approximate surface area is 149 Å². The molecule has 2 aliphatic rings. The van der Waals surface area contributed by atoms with Crippen molar-refractivity contribution in [3.63, 3.8) is 0 Å². The van der Waals surface area contributed by atoms with Crippen LogP contribution in [0, 0.1) is 11.3 Å². The molecule has 0 aromatic heterocycles. The topological polar surface area (TPSA) is 56.6 Å². The quantitative estimate of drug-likeness (QED) is 0.758. The largest absolute Gasteiger partial charge is 0.444 e. The summed E-state index contributed by atoms with van der Waals surface area (Å²) in [5.41, 5.74) is -1.48.